The van der Waals surface area contributed by atoms with Gasteiger partial charge in [-0.3, -0.25) is 4.79 Å². The molecular formula is C16H21NO4. The topological polar surface area (TPSA) is 66.8 Å². The molecule has 0 radical (unpaired) electrons. The summed E-state index contributed by atoms with van der Waals surface area (Å²) in [4.78, 5) is 26.1. The Morgan fingerprint density at radius 1 is 1.38 bits per heavy atom. The number of carboxylic acids is 1. The SMILES string of the molecule is CCCC1(C(=O)O)CCCN1C(=O)c1ccccc1OC. The van der Waals surface area contributed by atoms with Crippen LogP contribution in [-0.2, 0) is 4.79 Å². The third-order valence-electron chi connectivity index (χ3n) is 4.13. The lowest BCUT2D eigenvalue weighted by atomic mass is 9.90. The van der Waals surface area contributed by atoms with Crippen LogP contribution in [0.2, 0.25) is 0 Å². The van der Waals surface area contributed by atoms with Crippen LogP contribution >= 0.6 is 0 Å². The minimum Gasteiger partial charge on any atom is -0.496 e. The molecule has 1 aliphatic rings. The van der Waals surface area contributed by atoms with E-state index in [0.29, 0.717) is 37.1 Å². The minimum absolute atomic E-state index is 0.263. The zero-order valence-electron chi connectivity index (χ0n) is 12.5. The van der Waals surface area contributed by atoms with Crippen molar-refractivity contribution < 1.29 is 19.4 Å². The Hall–Kier alpha value is -2.04. The number of amides is 1. The summed E-state index contributed by atoms with van der Waals surface area (Å²) in [7, 11) is 1.51. The fraction of sp³-hybridized carbons (Fsp3) is 0.500. The number of nitrogens with zero attached hydrogens (tertiary/aromatic N) is 1. The van der Waals surface area contributed by atoms with E-state index in [1.54, 1.807) is 24.3 Å². The molecule has 1 fully saturated rings. The quantitative estimate of drug-likeness (QED) is 0.905. The van der Waals surface area contributed by atoms with E-state index in [2.05, 4.69) is 0 Å². The van der Waals surface area contributed by atoms with Crippen molar-refractivity contribution in [1.29, 1.82) is 0 Å². The van der Waals surface area contributed by atoms with Gasteiger partial charge in [-0.25, -0.2) is 4.79 Å². The van der Waals surface area contributed by atoms with Gasteiger partial charge in [-0.2, -0.15) is 0 Å². The Kier molecular flexibility index (Phi) is 4.50. The van der Waals surface area contributed by atoms with Crippen LogP contribution in [0.4, 0.5) is 0 Å². The first kappa shape index (κ1) is 15.4. The van der Waals surface area contributed by atoms with Crippen molar-refractivity contribution in [3.05, 3.63) is 29.8 Å². The van der Waals surface area contributed by atoms with E-state index in [4.69, 9.17) is 4.74 Å². The van der Waals surface area contributed by atoms with Gasteiger partial charge in [0.15, 0.2) is 0 Å². The molecule has 1 atom stereocenters. The van der Waals surface area contributed by atoms with Gasteiger partial charge in [0.1, 0.15) is 11.3 Å². The Balaban J connectivity index is 2.39. The number of benzene rings is 1. The molecule has 1 aliphatic heterocycles. The second-order valence-electron chi connectivity index (χ2n) is 5.35. The molecule has 5 heteroatoms. The molecule has 1 heterocycles. The van der Waals surface area contributed by atoms with E-state index in [-0.39, 0.29) is 5.91 Å². The zero-order chi connectivity index (χ0) is 15.5. The molecular weight excluding hydrogens is 270 g/mol. The zero-order valence-corrected chi connectivity index (χ0v) is 12.5. The van der Waals surface area contributed by atoms with Crippen LogP contribution in [-0.4, -0.2) is 41.1 Å². The first-order valence-corrected chi connectivity index (χ1v) is 7.25. The molecule has 0 saturated carbocycles. The Morgan fingerprint density at radius 3 is 2.71 bits per heavy atom. The standard InChI is InChI=1S/C16H21NO4/c1-3-9-16(15(19)20)10-6-11-17(16)14(18)12-7-4-5-8-13(12)21-2/h4-5,7-8H,3,6,9-11H2,1-2H3,(H,19,20). The first-order valence-electron chi connectivity index (χ1n) is 7.25. The summed E-state index contributed by atoms with van der Waals surface area (Å²) in [5.41, 5.74) is -0.657. The van der Waals surface area contributed by atoms with E-state index in [1.807, 2.05) is 6.92 Å². The van der Waals surface area contributed by atoms with Gasteiger partial charge in [0.25, 0.3) is 5.91 Å². The number of carbonyl (C=O) groups is 2. The van der Waals surface area contributed by atoms with Crippen LogP contribution in [0.15, 0.2) is 24.3 Å². The molecule has 1 amide bonds. The predicted octanol–water partition coefficient (Wildman–Crippen LogP) is 2.55. The molecule has 0 spiro atoms. The molecule has 21 heavy (non-hydrogen) atoms. The molecule has 0 aliphatic carbocycles. The summed E-state index contributed by atoms with van der Waals surface area (Å²) < 4.78 is 5.22. The largest absolute Gasteiger partial charge is 0.496 e. The number of hydrogen-bond acceptors (Lipinski definition) is 3. The fourth-order valence-electron chi connectivity index (χ4n) is 3.14. The van der Waals surface area contributed by atoms with E-state index >= 15 is 0 Å². The van der Waals surface area contributed by atoms with E-state index in [9.17, 15) is 14.7 Å². The molecule has 2 rings (SSSR count). The Morgan fingerprint density at radius 2 is 2.10 bits per heavy atom. The van der Waals surface area contributed by atoms with Crippen LogP contribution < -0.4 is 4.74 Å². The van der Waals surface area contributed by atoms with E-state index < -0.39 is 11.5 Å². The second kappa shape index (κ2) is 6.16. The average molecular weight is 291 g/mol. The van der Waals surface area contributed by atoms with Gasteiger partial charge < -0.3 is 14.7 Å². The van der Waals surface area contributed by atoms with Crippen molar-refractivity contribution in [2.45, 2.75) is 38.1 Å². The maximum Gasteiger partial charge on any atom is 0.329 e. The highest BCUT2D eigenvalue weighted by Gasteiger charge is 2.49. The molecule has 0 aromatic heterocycles. The van der Waals surface area contributed by atoms with Gasteiger partial charge >= 0.3 is 5.97 Å². The number of likely N-dealkylation sites (tertiary alicyclic amines) is 1. The second-order valence-corrected chi connectivity index (χ2v) is 5.35. The smallest absolute Gasteiger partial charge is 0.329 e. The first-order chi connectivity index (χ1) is 10.1. The fourth-order valence-corrected chi connectivity index (χ4v) is 3.14. The lowest BCUT2D eigenvalue weighted by molar-refractivity contribution is -0.148. The number of aliphatic carboxylic acids is 1. The Labute approximate surface area is 124 Å². The third kappa shape index (κ3) is 2.60. The number of ether oxygens (including phenoxy) is 1. The summed E-state index contributed by atoms with van der Waals surface area (Å²) in [6.07, 6.45) is 2.43. The summed E-state index contributed by atoms with van der Waals surface area (Å²) in [5.74, 6) is -0.698. The van der Waals surface area contributed by atoms with Gasteiger partial charge in [-0.1, -0.05) is 25.5 Å². The van der Waals surface area contributed by atoms with Crippen molar-refractivity contribution >= 4 is 11.9 Å². The Bertz CT molecular complexity index is 543. The predicted molar refractivity (Wildman–Crippen MR) is 78.5 cm³/mol. The number of hydrogen-bond donors (Lipinski definition) is 1. The monoisotopic (exact) mass is 291 g/mol. The van der Waals surface area contributed by atoms with E-state index in [1.165, 1.54) is 12.0 Å². The van der Waals surface area contributed by atoms with Gasteiger partial charge in [-0.15, -0.1) is 0 Å². The molecule has 1 unspecified atom stereocenters. The summed E-state index contributed by atoms with van der Waals surface area (Å²) in [6, 6.07) is 6.94. The number of para-hydroxylation sites is 1. The highest BCUT2D eigenvalue weighted by Crippen LogP contribution is 2.36. The van der Waals surface area contributed by atoms with Gasteiger partial charge in [0, 0.05) is 6.54 Å². The van der Waals surface area contributed by atoms with Crippen molar-refractivity contribution in [2.75, 3.05) is 13.7 Å². The molecule has 1 aromatic rings. The van der Waals surface area contributed by atoms with Crippen LogP contribution in [0.5, 0.6) is 5.75 Å². The lowest BCUT2D eigenvalue weighted by Crippen LogP contribution is -2.53. The molecule has 1 saturated heterocycles. The third-order valence-corrected chi connectivity index (χ3v) is 4.13. The van der Waals surface area contributed by atoms with Crippen LogP contribution in [0.25, 0.3) is 0 Å². The van der Waals surface area contributed by atoms with Crippen molar-refractivity contribution in [3.63, 3.8) is 0 Å². The maximum absolute atomic E-state index is 12.8. The van der Waals surface area contributed by atoms with Crippen LogP contribution in [0.3, 0.4) is 0 Å². The van der Waals surface area contributed by atoms with Gasteiger partial charge in [0.2, 0.25) is 0 Å². The molecule has 114 valence electrons. The number of carbonyl (C=O) groups excluding carboxylic acids is 1. The van der Waals surface area contributed by atoms with E-state index in [0.717, 1.165) is 6.42 Å². The minimum atomic E-state index is -1.08. The van der Waals surface area contributed by atoms with Crippen LogP contribution in [0.1, 0.15) is 43.0 Å². The normalized spacial score (nSPS) is 21.3. The highest BCUT2D eigenvalue weighted by molar-refractivity contribution is 6.00. The summed E-state index contributed by atoms with van der Waals surface area (Å²) in [6.45, 7) is 2.41. The number of carboxylic acid groups (broad SMARTS) is 1. The maximum atomic E-state index is 12.8. The average Bonchev–Trinajstić information content (AvgIpc) is 2.92. The van der Waals surface area contributed by atoms with Crippen molar-refractivity contribution in [3.8, 4) is 5.75 Å². The lowest BCUT2D eigenvalue weighted by Gasteiger charge is -2.35. The van der Waals surface area contributed by atoms with Gasteiger partial charge in [0.05, 0.1) is 12.7 Å². The summed E-state index contributed by atoms with van der Waals surface area (Å²) >= 11 is 0. The molecule has 0 bridgehead atoms. The number of rotatable bonds is 5. The van der Waals surface area contributed by atoms with Gasteiger partial charge in [-0.05, 0) is 31.4 Å². The summed E-state index contributed by atoms with van der Waals surface area (Å²) in [5, 5.41) is 9.66. The van der Waals surface area contributed by atoms with Crippen molar-refractivity contribution in [1.82, 2.24) is 4.90 Å². The molecule has 1 aromatic carbocycles. The van der Waals surface area contributed by atoms with Crippen molar-refractivity contribution in [2.24, 2.45) is 0 Å². The highest BCUT2D eigenvalue weighted by atomic mass is 16.5. The van der Waals surface area contributed by atoms with Crippen LogP contribution in [0, 0.1) is 0 Å². The molecule has 1 N–H and O–H groups in total. The molecule has 5 nitrogen and oxygen atoms in total. The number of methoxy groups -OCH3 is 1.